The number of carbonyl (C=O) groups is 2. The number of carbonyl (C=O) groups excluding carboxylic acids is 1. The molecule has 2 aromatic rings. The Kier molecular flexibility index (Phi) is 6.58. The van der Waals surface area contributed by atoms with Gasteiger partial charge in [-0.25, -0.2) is 4.39 Å². The smallest absolute Gasteiger partial charge is 0.319 e. The van der Waals surface area contributed by atoms with Crippen molar-refractivity contribution in [2.45, 2.75) is 25.0 Å². The molecule has 132 valence electrons. The number of aryl methyl sites for hydroxylation is 2. The first-order valence-electron chi connectivity index (χ1n) is 7.81. The Morgan fingerprint density at radius 3 is 2.44 bits per heavy atom. The molecular weight excluding hydrogens is 343 g/mol. The van der Waals surface area contributed by atoms with Crippen molar-refractivity contribution in [3.05, 3.63) is 71.0 Å². The van der Waals surface area contributed by atoms with Crippen molar-refractivity contribution in [2.24, 2.45) is 0 Å². The van der Waals surface area contributed by atoms with Gasteiger partial charge in [0.1, 0.15) is 11.1 Å². The number of halogens is 1. The summed E-state index contributed by atoms with van der Waals surface area (Å²) in [6.45, 7) is 1.53. The molecule has 0 aliphatic carbocycles. The zero-order valence-electron chi connectivity index (χ0n) is 13.8. The van der Waals surface area contributed by atoms with Crippen LogP contribution in [0.2, 0.25) is 0 Å². The van der Waals surface area contributed by atoms with Crippen molar-refractivity contribution in [1.29, 1.82) is 0 Å². The highest BCUT2D eigenvalue weighted by molar-refractivity contribution is 7.87. The molecule has 0 bridgehead atoms. The van der Waals surface area contributed by atoms with Crippen LogP contribution in [0.5, 0.6) is 0 Å². The zero-order valence-corrected chi connectivity index (χ0v) is 14.6. The highest BCUT2D eigenvalue weighted by atomic mass is 32.2. The first-order chi connectivity index (χ1) is 11.9. The van der Waals surface area contributed by atoms with Gasteiger partial charge in [-0.05, 0) is 49.1 Å². The molecule has 0 fully saturated rings. The normalized spacial score (nSPS) is 13.2. The monoisotopic (exact) mass is 362 g/mol. The van der Waals surface area contributed by atoms with Gasteiger partial charge in [0.05, 0.1) is 5.75 Å². The Labute approximate surface area is 148 Å². The Bertz CT molecular complexity index is 789. The van der Waals surface area contributed by atoms with Crippen molar-refractivity contribution in [3.63, 3.8) is 0 Å². The van der Waals surface area contributed by atoms with E-state index in [9.17, 15) is 23.3 Å². The summed E-state index contributed by atoms with van der Waals surface area (Å²) in [6, 6.07) is 13.2. The molecule has 0 aromatic heterocycles. The van der Waals surface area contributed by atoms with E-state index >= 15 is 0 Å². The van der Waals surface area contributed by atoms with E-state index in [0.717, 1.165) is 5.56 Å². The highest BCUT2D eigenvalue weighted by Gasteiger charge is 2.26. The molecule has 0 saturated heterocycles. The fraction of sp³-hybridized carbons (Fsp3) is 0.263. The van der Waals surface area contributed by atoms with Crippen LogP contribution in [0.3, 0.4) is 0 Å². The van der Waals surface area contributed by atoms with Gasteiger partial charge in [-0.2, -0.15) is 0 Å². The van der Waals surface area contributed by atoms with E-state index in [0.29, 0.717) is 12.0 Å². The molecule has 2 rings (SSSR count). The predicted octanol–water partition coefficient (Wildman–Crippen LogP) is 3.15. The molecule has 0 amide bonds. The SMILES string of the molecule is Cc1cc(C(=O)CS(=O)C(CCc2ccccc2)C(=O)O)ccc1F. The molecule has 2 aromatic carbocycles. The fourth-order valence-corrected chi connectivity index (χ4v) is 3.67. The van der Waals surface area contributed by atoms with Crippen LogP contribution in [0.25, 0.3) is 0 Å². The van der Waals surface area contributed by atoms with Gasteiger partial charge in [-0.15, -0.1) is 0 Å². The second-order valence-corrected chi connectivity index (χ2v) is 7.38. The molecule has 0 aliphatic rings. The summed E-state index contributed by atoms with van der Waals surface area (Å²) in [5.41, 5.74) is 1.50. The third kappa shape index (κ3) is 5.32. The minimum atomic E-state index is -1.85. The summed E-state index contributed by atoms with van der Waals surface area (Å²) < 4.78 is 25.6. The van der Waals surface area contributed by atoms with Gasteiger partial charge in [-0.1, -0.05) is 30.3 Å². The number of aliphatic carboxylic acids is 1. The number of hydrogen-bond acceptors (Lipinski definition) is 3. The number of Topliss-reactive ketones (excluding diaryl/α,β-unsaturated/α-hetero) is 1. The van der Waals surface area contributed by atoms with Crippen LogP contribution in [-0.2, 0) is 22.0 Å². The molecule has 4 nitrogen and oxygen atoms in total. The number of carboxylic acids is 1. The van der Waals surface area contributed by atoms with Gasteiger partial charge < -0.3 is 5.11 Å². The quantitative estimate of drug-likeness (QED) is 0.732. The molecule has 2 atom stereocenters. The number of hydrogen-bond donors (Lipinski definition) is 1. The third-order valence-corrected chi connectivity index (χ3v) is 5.50. The fourth-order valence-electron chi connectivity index (χ4n) is 2.44. The van der Waals surface area contributed by atoms with Gasteiger partial charge in [-0.3, -0.25) is 13.8 Å². The van der Waals surface area contributed by atoms with Crippen LogP contribution in [0, 0.1) is 12.7 Å². The summed E-state index contributed by atoms with van der Waals surface area (Å²) in [5.74, 6) is -2.45. The van der Waals surface area contributed by atoms with Crippen LogP contribution in [-0.4, -0.2) is 32.1 Å². The van der Waals surface area contributed by atoms with Crippen molar-refractivity contribution >= 4 is 22.6 Å². The topological polar surface area (TPSA) is 71.4 Å². The maximum Gasteiger partial charge on any atom is 0.319 e. The first kappa shape index (κ1) is 19.0. The van der Waals surface area contributed by atoms with E-state index in [1.807, 2.05) is 30.3 Å². The van der Waals surface area contributed by atoms with Crippen molar-refractivity contribution in [2.75, 3.05) is 5.75 Å². The highest BCUT2D eigenvalue weighted by Crippen LogP contribution is 2.14. The van der Waals surface area contributed by atoms with Crippen LogP contribution in [0.1, 0.15) is 27.9 Å². The van der Waals surface area contributed by atoms with Crippen LogP contribution >= 0.6 is 0 Å². The predicted molar refractivity (Wildman–Crippen MR) is 94.7 cm³/mol. The van der Waals surface area contributed by atoms with Crippen molar-refractivity contribution in [3.8, 4) is 0 Å². The summed E-state index contributed by atoms with van der Waals surface area (Å²) in [4.78, 5) is 23.6. The van der Waals surface area contributed by atoms with Crippen molar-refractivity contribution in [1.82, 2.24) is 0 Å². The minimum absolute atomic E-state index is 0.182. The average Bonchev–Trinajstić information content (AvgIpc) is 2.58. The zero-order chi connectivity index (χ0) is 18.4. The van der Waals surface area contributed by atoms with E-state index in [1.165, 1.54) is 25.1 Å². The molecule has 6 heteroatoms. The Hall–Kier alpha value is -2.34. The second-order valence-electron chi connectivity index (χ2n) is 5.76. The van der Waals surface area contributed by atoms with Gasteiger partial charge >= 0.3 is 5.97 Å². The van der Waals surface area contributed by atoms with Gasteiger partial charge in [0.25, 0.3) is 0 Å². The summed E-state index contributed by atoms with van der Waals surface area (Å²) in [5, 5.41) is 8.21. The van der Waals surface area contributed by atoms with Gasteiger partial charge in [0, 0.05) is 16.4 Å². The lowest BCUT2D eigenvalue weighted by atomic mass is 10.1. The molecule has 2 unspecified atom stereocenters. The van der Waals surface area contributed by atoms with Crippen LogP contribution in [0.15, 0.2) is 48.5 Å². The first-order valence-corrected chi connectivity index (χ1v) is 9.20. The Balaban J connectivity index is 2.03. The molecular formula is C19H19FO4S. The van der Waals surface area contributed by atoms with Gasteiger partial charge in [0.15, 0.2) is 5.78 Å². The molecule has 1 N–H and O–H groups in total. The Morgan fingerprint density at radius 1 is 1.16 bits per heavy atom. The van der Waals surface area contributed by atoms with E-state index < -0.39 is 39.4 Å². The van der Waals surface area contributed by atoms with E-state index in [1.54, 1.807) is 0 Å². The number of benzene rings is 2. The molecule has 0 saturated carbocycles. The maximum atomic E-state index is 13.3. The lowest BCUT2D eigenvalue weighted by Crippen LogP contribution is -2.30. The summed E-state index contributed by atoms with van der Waals surface area (Å²) in [7, 11) is -1.85. The molecule has 25 heavy (non-hydrogen) atoms. The van der Waals surface area contributed by atoms with E-state index in [2.05, 4.69) is 0 Å². The number of carboxylic acid groups (broad SMARTS) is 1. The van der Waals surface area contributed by atoms with E-state index in [4.69, 9.17) is 0 Å². The number of rotatable bonds is 8. The second kappa shape index (κ2) is 8.67. The molecule has 0 radical (unpaired) electrons. The maximum absolute atomic E-state index is 13.3. The van der Waals surface area contributed by atoms with Crippen molar-refractivity contribution < 1.29 is 23.3 Å². The molecule has 0 aliphatic heterocycles. The largest absolute Gasteiger partial charge is 0.480 e. The Morgan fingerprint density at radius 2 is 1.84 bits per heavy atom. The third-order valence-electron chi connectivity index (χ3n) is 3.88. The minimum Gasteiger partial charge on any atom is -0.480 e. The van der Waals surface area contributed by atoms with Crippen LogP contribution < -0.4 is 0 Å². The average molecular weight is 362 g/mol. The van der Waals surface area contributed by atoms with Crippen LogP contribution in [0.4, 0.5) is 4.39 Å². The standard InChI is InChI=1S/C19H19FO4S/c1-13-11-15(8-9-16(13)20)17(21)12-25(24)18(19(22)23)10-7-14-5-3-2-4-6-14/h2-6,8-9,11,18H,7,10,12H2,1H3,(H,22,23). The summed E-state index contributed by atoms with van der Waals surface area (Å²) >= 11 is 0. The molecule has 0 spiro atoms. The summed E-state index contributed by atoms with van der Waals surface area (Å²) in [6.07, 6.45) is 0.648. The lowest BCUT2D eigenvalue weighted by molar-refractivity contribution is -0.136. The van der Waals surface area contributed by atoms with E-state index in [-0.39, 0.29) is 12.0 Å². The molecule has 0 heterocycles. The van der Waals surface area contributed by atoms with Gasteiger partial charge in [0.2, 0.25) is 0 Å². The lowest BCUT2D eigenvalue weighted by Gasteiger charge is -2.12. The number of ketones is 1.